The third kappa shape index (κ3) is 16.1. The lowest BCUT2D eigenvalue weighted by Crippen LogP contribution is -2.56. The molecule has 16 nitrogen and oxygen atoms in total. The number of rotatable bonds is 27. The second kappa shape index (κ2) is 27.0. The van der Waals surface area contributed by atoms with Gasteiger partial charge in [-0.05, 0) is 59.0 Å². The lowest BCUT2D eigenvalue weighted by Gasteiger charge is -2.39. The van der Waals surface area contributed by atoms with Crippen LogP contribution >= 0.6 is 15.9 Å². The number of carboxylic acids is 1. The molecule has 1 aromatic rings. The van der Waals surface area contributed by atoms with Crippen molar-refractivity contribution in [2.24, 2.45) is 17.8 Å². The number of aliphatic carboxylic acids is 1. The van der Waals surface area contributed by atoms with Crippen LogP contribution in [0.1, 0.15) is 91.5 Å². The van der Waals surface area contributed by atoms with E-state index in [0.717, 1.165) is 5.56 Å². The van der Waals surface area contributed by atoms with Gasteiger partial charge in [0, 0.05) is 54.2 Å². The predicted octanol–water partition coefficient (Wildman–Crippen LogP) is 3.90. The van der Waals surface area contributed by atoms with Crippen molar-refractivity contribution in [2.45, 2.75) is 129 Å². The molecule has 2 rings (SSSR count). The van der Waals surface area contributed by atoms with Gasteiger partial charge in [0.15, 0.2) is 0 Å². The molecule has 62 heavy (non-hydrogen) atoms. The Bertz CT molecular complexity index is 1660. The highest BCUT2D eigenvalue weighted by Gasteiger charge is 2.42. The van der Waals surface area contributed by atoms with Gasteiger partial charge in [0.1, 0.15) is 12.1 Å². The maximum absolute atomic E-state index is 14.1. The molecule has 1 aliphatic rings. The third-order valence-electron chi connectivity index (χ3n) is 11.9. The largest absolute Gasteiger partial charge is 0.480 e. The fourth-order valence-electron chi connectivity index (χ4n) is 8.20. The number of carbonyl (C=O) groups excluding carboxylic acids is 6. The highest BCUT2D eigenvalue weighted by atomic mass is 79.9. The van der Waals surface area contributed by atoms with E-state index in [1.54, 1.807) is 50.2 Å². The van der Waals surface area contributed by atoms with Crippen molar-refractivity contribution >= 4 is 57.3 Å². The van der Waals surface area contributed by atoms with E-state index in [9.17, 15) is 38.7 Å². The van der Waals surface area contributed by atoms with Crippen molar-refractivity contribution in [1.29, 1.82) is 0 Å². The Kier molecular flexibility index (Phi) is 23.4. The minimum Gasteiger partial charge on any atom is -0.480 e. The summed E-state index contributed by atoms with van der Waals surface area (Å²) in [6.07, 6.45) is 2.72. The molecular formula is C45H71BrN6O10. The van der Waals surface area contributed by atoms with Gasteiger partial charge < -0.3 is 45.2 Å². The topological polar surface area (TPSA) is 204 Å². The number of hydrogen-bond acceptors (Lipinski definition) is 9. The maximum atomic E-state index is 14.1. The van der Waals surface area contributed by atoms with E-state index < -0.39 is 66.0 Å². The Morgan fingerprint density at radius 2 is 1.58 bits per heavy atom. The monoisotopic (exact) mass is 934 g/mol. The molecule has 1 fully saturated rings. The summed E-state index contributed by atoms with van der Waals surface area (Å²) in [5, 5.41) is 18.0. The van der Waals surface area contributed by atoms with Crippen LogP contribution in [-0.4, -0.2) is 146 Å². The van der Waals surface area contributed by atoms with Gasteiger partial charge in [-0.3, -0.25) is 28.8 Å². The van der Waals surface area contributed by atoms with Gasteiger partial charge in [0.05, 0.1) is 47.7 Å². The highest BCUT2D eigenvalue weighted by molar-refractivity contribution is 9.12. The number of carboxylic acid groups (broad SMARTS) is 1. The SMILES string of the molecule is C=C(Br)C(=O)NCCCCCC(=O)N(C)[C@H](C(=O)NCC(=O)N(C)[C@@H]([C@@H](C)CC)[C@@H](CC(=O)N1CCC[C@H]1[C@H](OC)[C@@H](C)C(=O)N[C@@H](Cc1ccccc1)C(=O)O)OC)C(C)C. The van der Waals surface area contributed by atoms with Crippen molar-refractivity contribution in [3.8, 4) is 0 Å². The van der Waals surface area contributed by atoms with E-state index in [1.807, 2.05) is 33.8 Å². The number of methoxy groups -OCH3 is 2. The Morgan fingerprint density at radius 1 is 0.919 bits per heavy atom. The first-order valence-corrected chi connectivity index (χ1v) is 22.4. The minimum atomic E-state index is -1.16. The molecule has 0 bridgehead atoms. The minimum absolute atomic E-state index is 0.0647. The van der Waals surface area contributed by atoms with Gasteiger partial charge in [0.2, 0.25) is 29.5 Å². The second-order valence-electron chi connectivity index (χ2n) is 16.6. The highest BCUT2D eigenvalue weighted by Crippen LogP contribution is 2.29. The number of ether oxygens (including phenoxy) is 2. The maximum Gasteiger partial charge on any atom is 0.326 e. The van der Waals surface area contributed by atoms with Crippen LogP contribution in [0.5, 0.6) is 0 Å². The van der Waals surface area contributed by atoms with Gasteiger partial charge in [-0.25, -0.2) is 4.79 Å². The molecule has 1 aliphatic heterocycles. The Labute approximate surface area is 376 Å². The number of hydrogen-bond donors (Lipinski definition) is 4. The molecule has 0 radical (unpaired) electrons. The zero-order valence-electron chi connectivity index (χ0n) is 38.1. The average Bonchev–Trinajstić information content (AvgIpc) is 3.73. The van der Waals surface area contributed by atoms with E-state index in [4.69, 9.17) is 9.47 Å². The molecule has 8 atom stereocenters. The molecular weight excluding hydrogens is 864 g/mol. The third-order valence-corrected chi connectivity index (χ3v) is 12.3. The Morgan fingerprint density at radius 3 is 2.15 bits per heavy atom. The van der Waals surface area contributed by atoms with Crippen LogP contribution in [0, 0.1) is 17.8 Å². The Hall–Kier alpha value is -4.35. The van der Waals surface area contributed by atoms with Crippen LogP contribution in [0.15, 0.2) is 41.4 Å². The van der Waals surface area contributed by atoms with Crippen LogP contribution in [0.25, 0.3) is 0 Å². The van der Waals surface area contributed by atoms with Crippen LogP contribution in [0.3, 0.4) is 0 Å². The van der Waals surface area contributed by atoms with Gasteiger partial charge >= 0.3 is 5.97 Å². The van der Waals surface area contributed by atoms with E-state index >= 15 is 0 Å². The number of carbonyl (C=O) groups is 7. The number of nitrogens with one attached hydrogen (secondary N) is 3. The number of likely N-dealkylation sites (tertiary alicyclic amines) is 1. The van der Waals surface area contributed by atoms with E-state index in [1.165, 1.54) is 24.0 Å². The van der Waals surface area contributed by atoms with Gasteiger partial charge in [-0.15, -0.1) is 0 Å². The first-order valence-electron chi connectivity index (χ1n) is 21.6. The summed E-state index contributed by atoms with van der Waals surface area (Å²) >= 11 is 3.04. The first-order chi connectivity index (χ1) is 29.3. The number of nitrogens with zero attached hydrogens (tertiary/aromatic N) is 3. The molecule has 0 aromatic heterocycles. The van der Waals surface area contributed by atoms with Gasteiger partial charge in [-0.2, -0.15) is 0 Å². The summed E-state index contributed by atoms with van der Waals surface area (Å²) in [6, 6.07) is 6.06. The van der Waals surface area contributed by atoms with Crippen molar-refractivity contribution in [2.75, 3.05) is 47.9 Å². The summed E-state index contributed by atoms with van der Waals surface area (Å²) in [5.41, 5.74) is 0.766. The fourth-order valence-corrected chi connectivity index (χ4v) is 8.34. The summed E-state index contributed by atoms with van der Waals surface area (Å²) in [4.78, 5) is 96.4. The quantitative estimate of drug-likeness (QED) is 0.0741. The van der Waals surface area contributed by atoms with Crippen LogP contribution in [0.2, 0.25) is 0 Å². The molecule has 0 saturated carbocycles. The van der Waals surface area contributed by atoms with Crippen molar-refractivity contribution in [1.82, 2.24) is 30.7 Å². The molecule has 1 saturated heterocycles. The van der Waals surface area contributed by atoms with Crippen LogP contribution in [-0.2, 0) is 49.5 Å². The van der Waals surface area contributed by atoms with Gasteiger partial charge in [0.25, 0.3) is 5.91 Å². The van der Waals surface area contributed by atoms with Crippen molar-refractivity contribution in [3.63, 3.8) is 0 Å². The van der Waals surface area contributed by atoms with Crippen molar-refractivity contribution in [3.05, 3.63) is 47.0 Å². The number of halogens is 1. The molecule has 17 heteroatoms. The van der Waals surface area contributed by atoms with E-state index in [2.05, 4.69) is 38.5 Å². The zero-order valence-corrected chi connectivity index (χ0v) is 39.7. The van der Waals surface area contributed by atoms with Crippen molar-refractivity contribution < 1.29 is 48.1 Å². The number of unbranched alkanes of at least 4 members (excludes halogenated alkanes) is 2. The number of likely N-dealkylation sites (N-methyl/N-ethyl adjacent to an activating group) is 2. The summed E-state index contributed by atoms with van der Waals surface area (Å²) < 4.78 is 12.0. The molecule has 4 N–H and O–H groups in total. The van der Waals surface area contributed by atoms with Gasteiger partial charge in [-0.1, -0.05) is 84.4 Å². The summed E-state index contributed by atoms with van der Waals surface area (Å²) in [6.45, 7) is 13.4. The molecule has 6 amide bonds. The predicted molar refractivity (Wildman–Crippen MR) is 240 cm³/mol. The lowest BCUT2D eigenvalue weighted by atomic mass is 9.90. The lowest BCUT2D eigenvalue weighted by molar-refractivity contribution is -0.147. The summed E-state index contributed by atoms with van der Waals surface area (Å²) in [5.74, 6) is -4.36. The standard InChI is InChI=1S/C45H71BrN6O10/c1-11-29(4)40(51(8)38(55)27-48-44(58)39(28(2)3)50(7)36(53)22-16-13-17-23-47-43(57)31(6)46)35(61-9)26-37(54)52-24-18-21-34(52)41(62-10)30(5)42(56)49-33(45(59)60)25-32-19-14-12-15-20-32/h12,14-15,19-20,28-30,33-35,39-41H,6,11,13,16-18,21-27H2,1-5,7-10H3,(H,47,57)(H,48,58)(H,49,56)(H,59,60)/t29-,30+,33-,34-,35+,39-,40-,41+/m0/s1. The van der Waals surface area contributed by atoms with E-state index in [-0.39, 0.29) is 59.8 Å². The van der Waals surface area contributed by atoms with Crippen LogP contribution < -0.4 is 16.0 Å². The molecule has 1 heterocycles. The molecule has 0 unspecified atom stereocenters. The smallest absolute Gasteiger partial charge is 0.326 e. The fraction of sp³-hybridized carbons (Fsp3) is 0.667. The number of benzene rings is 1. The Balaban J connectivity index is 2.09. The van der Waals surface area contributed by atoms with E-state index in [0.29, 0.717) is 51.6 Å². The van der Waals surface area contributed by atoms with Crippen LogP contribution in [0.4, 0.5) is 0 Å². The molecule has 0 spiro atoms. The summed E-state index contributed by atoms with van der Waals surface area (Å²) in [7, 11) is 6.18. The first kappa shape index (κ1) is 53.8. The number of amides is 6. The normalized spacial score (nSPS) is 17.1. The molecule has 348 valence electrons. The molecule has 0 aliphatic carbocycles. The average molecular weight is 936 g/mol. The molecule has 1 aromatic carbocycles. The second-order valence-corrected chi connectivity index (χ2v) is 17.6. The zero-order chi connectivity index (χ0) is 46.7.